The summed E-state index contributed by atoms with van der Waals surface area (Å²) in [4.78, 5) is 38.8. The molecule has 0 aromatic heterocycles. The molecule has 1 aromatic carbocycles. The van der Waals surface area contributed by atoms with Crippen LogP contribution in [0.25, 0.3) is 0 Å². The maximum absolute atomic E-state index is 13.8. The first-order valence-corrected chi connectivity index (χ1v) is 10.6. The number of hydrogen-bond acceptors (Lipinski definition) is 5. The van der Waals surface area contributed by atoms with E-state index in [2.05, 4.69) is 10.6 Å². The summed E-state index contributed by atoms with van der Waals surface area (Å²) in [7, 11) is 0. The van der Waals surface area contributed by atoms with Crippen LogP contribution in [0.5, 0.6) is 5.75 Å². The van der Waals surface area contributed by atoms with Crippen molar-refractivity contribution in [2.75, 3.05) is 18.4 Å². The molecule has 1 atom stereocenters. The minimum absolute atomic E-state index is 0.0171. The fourth-order valence-corrected chi connectivity index (χ4v) is 3.63. The van der Waals surface area contributed by atoms with Gasteiger partial charge in [0.25, 0.3) is 11.8 Å². The van der Waals surface area contributed by atoms with Crippen LogP contribution in [0.4, 0.5) is 23.7 Å². The van der Waals surface area contributed by atoms with Crippen LogP contribution in [0.3, 0.4) is 0 Å². The molecule has 1 fully saturated rings. The van der Waals surface area contributed by atoms with Gasteiger partial charge in [0.1, 0.15) is 11.4 Å². The molecule has 0 bridgehead atoms. The van der Waals surface area contributed by atoms with Gasteiger partial charge in [0.15, 0.2) is 5.60 Å². The van der Waals surface area contributed by atoms with E-state index in [9.17, 15) is 27.6 Å². The Labute approximate surface area is 189 Å². The first kappa shape index (κ1) is 24.7. The van der Waals surface area contributed by atoms with Crippen LogP contribution >= 0.6 is 0 Å². The van der Waals surface area contributed by atoms with E-state index < -0.39 is 52.5 Å². The molecule has 2 aliphatic rings. The summed E-state index contributed by atoms with van der Waals surface area (Å²) in [5.41, 5.74) is -3.88. The Balaban J connectivity index is 1.83. The van der Waals surface area contributed by atoms with Gasteiger partial charge in [-0.05, 0) is 59.6 Å². The Kier molecular flexibility index (Phi) is 6.29. The number of fused-ring (bicyclic) bond motifs is 1. The van der Waals surface area contributed by atoms with Crippen LogP contribution in [0, 0.1) is 0 Å². The molecule has 1 saturated heterocycles. The third-order valence-corrected chi connectivity index (χ3v) is 5.24. The molecular weight excluding hydrogens is 443 g/mol. The molecule has 0 saturated carbocycles. The largest absolute Gasteiger partial charge is 0.476 e. The van der Waals surface area contributed by atoms with Gasteiger partial charge >= 0.3 is 12.3 Å². The second-order valence-corrected chi connectivity index (χ2v) is 9.70. The lowest BCUT2D eigenvalue weighted by Crippen LogP contribution is -2.51. The number of rotatable bonds is 2. The number of hydrogen-bond donors (Lipinski definition) is 2. The fraction of sp³-hybridized carbons (Fsp3) is 0.591. The van der Waals surface area contributed by atoms with E-state index in [0.29, 0.717) is 19.4 Å². The van der Waals surface area contributed by atoms with Crippen molar-refractivity contribution >= 4 is 23.6 Å². The maximum atomic E-state index is 13.8. The predicted octanol–water partition coefficient (Wildman–Crippen LogP) is 3.94. The number of nitrogens with zero attached hydrogens (tertiary/aromatic N) is 1. The Bertz CT molecular complexity index is 969. The molecule has 33 heavy (non-hydrogen) atoms. The highest BCUT2D eigenvalue weighted by Crippen LogP contribution is 2.41. The number of nitrogens with one attached hydrogen (secondary N) is 2. The highest BCUT2D eigenvalue weighted by atomic mass is 19.4. The lowest BCUT2D eigenvalue weighted by molar-refractivity contribution is -0.138. The van der Waals surface area contributed by atoms with Crippen LogP contribution in [0.1, 0.15) is 63.4 Å². The molecule has 0 aliphatic carbocycles. The second kappa shape index (κ2) is 8.42. The van der Waals surface area contributed by atoms with E-state index in [0.717, 1.165) is 12.1 Å². The molecule has 1 aromatic rings. The first-order chi connectivity index (χ1) is 15.1. The van der Waals surface area contributed by atoms with Crippen molar-refractivity contribution in [2.24, 2.45) is 0 Å². The number of benzene rings is 1. The quantitative estimate of drug-likeness (QED) is 0.681. The van der Waals surface area contributed by atoms with Gasteiger partial charge in [0.2, 0.25) is 0 Å². The van der Waals surface area contributed by atoms with Gasteiger partial charge < -0.3 is 25.0 Å². The number of amides is 3. The molecular formula is C22H28F3N3O5. The van der Waals surface area contributed by atoms with E-state index in [4.69, 9.17) is 9.47 Å². The summed E-state index contributed by atoms with van der Waals surface area (Å²) < 4.78 is 52.0. The molecule has 0 unspecified atom stereocenters. The van der Waals surface area contributed by atoms with Gasteiger partial charge in [-0.15, -0.1) is 0 Å². The van der Waals surface area contributed by atoms with Crippen molar-refractivity contribution < 1.29 is 37.0 Å². The zero-order valence-corrected chi connectivity index (χ0v) is 19.2. The minimum Gasteiger partial charge on any atom is -0.476 e. The van der Waals surface area contributed by atoms with E-state index in [1.807, 2.05) is 0 Å². The normalized spacial score (nSPS) is 20.3. The van der Waals surface area contributed by atoms with Crippen LogP contribution in [0.15, 0.2) is 12.1 Å². The van der Waals surface area contributed by atoms with E-state index in [1.165, 1.54) is 18.7 Å². The molecule has 3 rings (SSSR count). The molecule has 3 amide bonds. The summed E-state index contributed by atoms with van der Waals surface area (Å²) in [6, 6.07) is 1.13. The summed E-state index contributed by atoms with van der Waals surface area (Å²) >= 11 is 0. The van der Waals surface area contributed by atoms with Gasteiger partial charge in [-0.2, -0.15) is 13.2 Å². The maximum Gasteiger partial charge on any atom is 0.417 e. The highest BCUT2D eigenvalue weighted by molar-refractivity contribution is 6.03. The Morgan fingerprint density at radius 1 is 1.24 bits per heavy atom. The number of piperidine rings is 1. The van der Waals surface area contributed by atoms with Crippen molar-refractivity contribution in [1.82, 2.24) is 10.2 Å². The van der Waals surface area contributed by atoms with Crippen molar-refractivity contribution in [3.8, 4) is 5.75 Å². The zero-order valence-electron chi connectivity index (χ0n) is 19.2. The third-order valence-electron chi connectivity index (χ3n) is 5.24. The van der Waals surface area contributed by atoms with Gasteiger partial charge in [0, 0.05) is 19.1 Å². The van der Waals surface area contributed by atoms with Gasteiger partial charge in [-0.1, -0.05) is 0 Å². The molecule has 11 heteroatoms. The first-order valence-electron chi connectivity index (χ1n) is 10.6. The van der Waals surface area contributed by atoms with Gasteiger partial charge in [-0.25, -0.2) is 4.79 Å². The number of halogens is 3. The van der Waals surface area contributed by atoms with Crippen LogP contribution < -0.4 is 15.4 Å². The topological polar surface area (TPSA) is 97.0 Å². The SMILES string of the molecule is CC(C)(C)OC(=O)N1CCC[C@@H](NC(=O)c2cc3c(cc2C(F)(F)F)OC(C)(C)C(=O)N3)C1. The van der Waals surface area contributed by atoms with Crippen molar-refractivity contribution in [2.45, 2.75) is 70.9 Å². The molecule has 0 spiro atoms. The monoisotopic (exact) mass is 471 g/mol. The van der Waals surface area contributed by atoms with E-state index >= 15 is 0 Å². The zero-order chi connectivity index (χ0) is 24.8. The van der Waals surface area contributed by atoms with Crippen LogP contribution in [0.2, 0.25) is 0 Å². The van der Waals surface area contributed by atoms with E-state index in [-0.39, 0.29) is 18.0 Å². The summed E-state index contributed by atoms with van der Waals surface area (Å²) in [6.07, 6.45) is -4.33. The number of carbonyl (C=O) groups excluding carboxylic acids is 3. The Morgan fingerprint density at radius 2 is 1.91 bits per heavy atom. The number of likely N-dealkylation sites (tertiary alicyclic amines) is 1. The highest BCUT2D eigenvalue weighted by Gasteiger charge is 2.41. The van der Waals surface area contributed by atoms with Crippen LogP contribution in [-0.4, -0.2) is 53.1 Å². The van der Waals surface area contributed by atoms with Gasteiger partial charge in [-0.3, -0.25) is 9.59 Å². The van der Waals surface area contributed by atoms with Crippen molar-refractivity contribution in [3.05, 3.63) is 23.3 Å². The van der Waals surface area contributed by atoms with Crippen molar-refractivity contribution in [1.29, 1.82) is 0 Å². The Morgan fingerprint density at radius 3 is 2.52 bits per heavy atom. The minimum atomic E-state index is -4.83. The number of alkyl halides is 3. The average Bonchev–Trinajstić information content (AvgIpc) is 2.66. The van der Waals surface area contributed by atoms with Gasteiger partial charge in [0.05, 0.1) is 16.8 Å². The number of carbonyl (C=O) groups is 3. The average molecular weight is 471 g/mol. The summed E-state index contributed by atoms with van der Waals surface area (Å²) in [6.45, 7) is 8.58. The predicted molar refractivity (Wildman–Crippen MR) is 113 cm³/mol. The summed E-state index contributed by atoms with van der Waals surface area (Å²) in [5, 5.41) is 5.08. The second-order valence-electron chi connectivity index (χ2n) is 9.70. The van der Waals surface area contributed by atoms with Crippen LogP contribution in [-0.2, 0) is 15.7 Å². The Hall–Kier alpha value is -2.98. The molecule has 2 N–H and O–H groups in total. The van der Waals surface area contributed by atoms with Crippen molar-refractivity contribution in [3.63, 3.8) is 0 Å². The molecule has 0 radical (unpaired) electrons. The smallest absolute Gasteiger partial charge is 0.417 e. The lowest BCUT2D eigenvalue weighted by Gasteiger charge is -2.35. The standard InChI is InChI=1S/C22H28F3N3O5/c1-20(2,3)33-19(31)28-8-6-7-12(11-28)26-17(29)13-9-15-16(10-14(13)22(23,24)25)32-21(4,5)18(30)27-15/h9-10,12H,6-8,11H2,1-5H3,(H,26,29)(H,27,30)/t12-/m1/s1. The number of ether oxygens (including phenoxy) is 2. The fourth-order valence-electron chi connectivity index (χ4n) is 3.63. The third kappa shape index (κ3) is 5.69. The van der Waals surface area contributed by atoms with E-state index in [1.54, 1.807) is 20.8 Å². The molecule has 8 nitrogen and oxygen atoms in total. The lowest BCUT2D eigenvalue weighted by atomic mass is 9.99. The molecule has 182 valence electrons. The number of anilines is 1. The molecule has 2 aliphatic heterocycles. The molecule has 2 heterocycles. The summed E-state index contributed by atoms with van der Waals surface area (Å²) in [5.74, 6) is -1.67.